The van der Waals surface area contributed by atoms with Gasteiger partial charge in [0, 0.05) is 0 Å². The van der Waals surface area contributed by atoms with Crippen LogP contribution < -0.4 is 5.32 Å². The second kappa shape index (κ2) is 6.45. The highest BCUT2D eigenvalue weighted by Crippen LogP contribution is 2.25. The number of nitrogens with one attached hydrogen (secondary N) is 1. The molecule has 23 heavy (non-hydrogen) atoms. The fourth-order valence-electron chi connectivity index (χ4n) is 1.93. The number of carbonyl (C=O) groups is 2. The van der Waals surface area contributed by atoms with Gasteiger partial charge in [0.1, 0.15) is 5.75 Å². The summed E-state index contributed by atoms with van der Waals surface area (Å²) >= 11 is 1.34. The van der Waals surface area contributed by atoms with Crippen LogP contribution in [0.5, 0.6) is 5.75 Å². The quantitative estimate of drug-likeness (QED) is 0.719. The molecule has 7 heteroatoms. The van der Waals surface area contributed by atoms with Gasteiger partial charge < -0.3 is 9.84 Å². The molecule has 0 unspecified atom stereocenters. The molecule has 1 aromatic heterocycles. The maximum absolute atomic E-state index is 11.8. The number of thiazole rings is 1. The molecule has 0 aliphatic carbocycles. The van der Waals surface area contributed by atoms with Crippen LogP contribution in [0, 0.1) is 0 Å². The Bertz CT molecular complexity index is 842. The number of fused-ring (bicyclic) bond motifs is 1. The molecule has 0 saturated carbocycles. The molecular weight excluding hydrogens is 316 g/mol. The molecule has 1 amide bonds. The minimum atomic E-state index is -0.680. The molecule has 2 aromatic carbocycles. The molecule has 0 fully saturated rings. The summed E-state index contributed by atoms with van der Waals surface area (Å²) in [5, 5.41) is 12.3. The van der Waals surface area contributed by atoms with Crippen LogP contribution in [0.4, 0.5) is 5.13 Å². The summed E-state index contributed by atoms with van der Waals surface area (Å²) < 4.78 is 5.86. The average Bonchev–Trinajstić information content (AvgIpc) is 2.94. The maximum Gasteiger partial charge on any atom is 0.338 e. The average molecular weight is 328 g/mol. The maximum atomic E-state index is 11.8. The zero-order valence-electron chi connectivity index (χ0n) is 11.9. The number of aromatic hydroxyl groups is 1. The summed E-state index contributed by atoms with van der Waals surface area (Å²) in [4.78, 5) is 27.9. The second-order valence-corrected chi connectivity index (χ2v) is 5.69. The normalized spacial score (nSPS) is 10.4. The second-order valence-electron chi connectivity index (χ2n) is 4.66. The number of rotatable bonds is 4. The fourth-order valence-corrected chi connectivity index (χ4v) is 2.81. The van der Waals surface area contributed by atoms with Crippen molar-refractivity contribution < 1.29 is 19.4 Å². The smallest absolute Gasteiger partial charge is 0.338 e. The van der Waals surface area contributed by atoms with Crippen molar-refractivity contribution >= 4 is 38.6 Å². The Morgan fingerprint density at radius 2 is 2.00 bits per heavy atom. The van der Waals surface area contributed by atoms with E-state index >= 15 is 0 Å². The van der Waals surface area contributed by atoms with Gasteiger partial charge >= 0.3 is 5.97 Å². The molecule has 6 nitrogen and oxygen atoms in total. The monoisotopic (exact) mass is 328 g/mol. The van der Waals surface area contributed by atoms with E-state index in [1.54, 1.807) is 0 Å². The molecule has 0 aliphatic rings. The number of carbonyl (C=O) groups excluding carboxylic acids is 2. The number of para-hydroxylation sites is 1. The third kappa shape index (κ3) is 3.64. The first-order valence-electron chi connectivity index (χ1n) is 6.73. The Kier molecular flexibility index (Phi) is 4.20. The number of aromatic nitrogens is 1. The number of benzene rings is 2. The minimum absolute atomic E-state index is 0.0432. The van der Waals surface area contributed by atoms with Crippen molar-refractivity contribution in [3.05, 3.63) is 54.1 Å². The number of hydrogen-bond donors (Lipinski definition) is 2. The summed E-state index contributed by atoms with van der Waals surface area (Å²) in [6.45, 7) is -0.426. The Hall–Kier alpha value is -2.93. The van der Waals surface area contributed by atoms with Crippen LogP contribution in [0.3, 0.4) is 0 Å². The van der Waals surface area contributed by atoms with Gasteiger partial charge in [-0.2, -0.15) is 0 Å². The van der Waals surface area contributed by atoms with Gasteiger partial charge in [-0.15, -0.1) is 0 Å². The number of hydrogen-bond acceptors (Lipinski definition) is 6. The van der Waals surface area contributed by atoms with E-state index in [-0.39, 0.29) is 11.3 Å². The van der Waals surface area contributed by atoms with Gasteiger partial charge in [-0.3, -0.25) is 10.1 Å². The van der Waals surface area contributed by atoms with Crippen LogP contribution in [-0.2, 0) is 9.53 Å². The Balaban J connectivity index is 1.58. The lowest BCUT2D eigenvalue weighted by molar-refractivity contribution is -0.119. The van der Waals surface area contributed by atoms with Crippen LogP contribution in [0.25, 0.3) is 10.2 Å². The number of esters is 1. The fraction of sp³-hybridized carbons (Fsp3) is 0.0625. The van der Waals surface area contributed by atoms with Crippen LogP contribution >= 0.6 is 11.3 Å². The molecule has 0 atom stereocenters. The highest BCUT2D eigenvalue weighted by Gasteiger charge is 2.12. The molecule has 3 aromatic rings. The van der Waals surface area contributed by atoms with Gasteiger partial charge in [0.2, 0.25) is 0 Å². The third-order valence-electron chi connectivity index (χ3n) is 2.96. The number of amides is 1. The molecule has 3 rings (SSSR count). The van der Waals surface area contributed by atoms with Crippen molar-refractivity contribution in [1.82, 2.24) is 4.98 Å². The van der Waals surface area contributed by atoms with Gasteiger partial charge in [0.25, 0.3) is 5.91 Å². The van der Waals surface area contributed by atoms with E-state index in [2.05, 4.69) is 10.3 Å². The van der Waals surface area contributed by atoms with E-state index in [9.17, 15) is 14.7 Å². The van der Waals surface area contributed by atoms with Crippen molar-refractivity contribution in [2.24, 2.45) is 0 Å². The molecule has 0 spiro atoms. The van der Waals surface area contributed by atoms with E-state index in [1.807, 2.05) is 24.3 Å². The van der Waals surface area contributed by atoms with Gasteiger partial charge in [0.05, 0.1) is 15.8 Å². The van der Waals surface area contributed by atoms with E-state index in [0.29, 0.717) is 5.13 Å². The summed E-state index contributed by atoms with van der Waals surface area (Å²) in [6.07, 6.45) is 0. The van der Waals surface area contributed by atoms with Crippen LogP contribution in [0.2, 0.25) is 0 Å². The zero-order valence-corrected chi connectivity index (χ0v) is 12.7. The van der Waals surface area contributed by atoms with Gasteiger partial charge in [-0.25, -0.2) is 9.78 Å². The van der Waals surface area contributed by atoms with Crippen molar-refractivity contribution in [3.8, 4) is 5.75 Å². The van der Waals surface area contributed by atoms with Crippen molar-refractivity contribution in [3.63, 3.8) is 0 Å². The topological polar surface area (TPSA) is 88.5 Å². The predicted octanol–water partition coefficient (Wildman–Crippen LogP) is 2.80. The summed E-state index contributed by atoms with van der Waals surface area (Å²) in [7, 11) is 0. The van der Waals surface area contributed by atoms with E-state index < -0.39 is 18.5 Å². The molecule has 0 radical (unpaired) electrons. The Labute approximate surface area is 135 Å². The zero-order chi connectivity index (χ0) is 16.2. The molecule has 116 valence electrons. The van der Waals surface area contributed by atoms with E-state index in [0.717, 1.165) is 10.2 Å². The molecule has 0 saturated heterocycles. The predicted molar refractivity (Wildman–Crippen MR) is 86.6 cm³/mol. The number of anilines is 1. The lowest BCUT2D eigenvalue weighted by Crippen LogP contribution is -2.20. The lowest BCUT2D eigenvalue weighted by atomic mass is 10.2. The molecule has 1 heterocycles. The van der Waals surface area contributed by atoms with E-state index in [4.69, 9.17) is 4.74 Å². The molecule has 2 N–H and O–H groups in total. The largest absolute Gasteiger partial charge is 0.508 e. The van der Waals surface area contributed by atoms with Crippen LogP contribution in [0.1, 0.15) is 10.4 Å². The summed E-state index contributed by atoms with van der Waals surface area (Å²) in [5.74, 6) is -1.20. The van der Waals surface area contributed by atoms with Crippen molar-refractivity contribution in [2.45, 2.75) is 0 Å². The first kappa shape index (κ1) is 15.0. The summed E-state index contributed by atoms with van der Waals surface area (Å²) in [5.41, 5.74) is 0.974. The van der Waals surface area contributed by atoms with E-state index in [1.165, 1.54) is 35.6 Å². The van der Waals surface area contributed by atoms with Crippen LogP contribution in [-0.4, -0.2) is 28.6 Å². The van der Waals surface area contributed by atoms with Gasteiger partial charge in [-0.1, -0.05) is 29.5 Å². The number of phenols is 1. The third-order valence-corrected chi connectivity index (χ3v) is 3.91. The Morgan fingerprint density at radius 3 is 2.78 bits per heavy atom. The van der Waals surface area contributed by atoms with Crippen molar-refractivity contribution in [2.75, 3.05) is 11.9 Å². The summed E-state index contributed by atoms with van der Waals surface area (Å²) in [6, 6.07) is 13.2. The molecular formula is C16H12N2O4S. The SMILES string of the molecule is O=C(COC(=O)c1cccc(O)c1)Nc1nc2ccccc2s1. The number of ether oxygens (including phenoxy) is 1. The number of nitrogens with zero attached hydrogens (tertiary/aromatic N) is 1. The standard InChI is InChI=1S/C16H12N2O4S/c19-11-5-3-4-10(8-11)15(21)22-9-14(20)18-16-17-12-6-1-2-7-13(12)23-16/h1-8,19H,9H2,(H,17,18,20). The first-order valence-corrected chi connectivity index (χ1v) is 7.55. The van der Waals surface area contributed by atoms with Gasteiger partial charge in [0.15, 0.2) is 11.7 Å². The van der Waals surface area contributed by atoms with Crippen molar-refractivity contribution in [1.29, 1.82) is 0 Å². The molecule has 0 aliphatic heterocycles. The lowest BCUT2D eigenvalue weighted by Gasteiger charge is -2.04. The highest BCUT2D eigenvalue weighted by atomic mass is 32.1. The highest BCUT2D eigenvalue weighted by molar-refractivity contribution is 7.22. The minimum Gasteiger partial charge on any atom is -0.508 e. The van der Waals surface area contributed by atoms with Gasteiger partial charge in [-0.05, 0) is 30.3 Å². The first-order chi connectivity index (χ1) is 11.1. The van der Waals surface area contributed by atoms with Crippen LogP contribution in [0.15, 0.2) is 48.5 Å². The number of phenolic OH excluding ortho intramolecular Hbond substituents is 1. The Morgan fingerprint density at radius 1 is 1.17 bits per heavy atom. The molecule has 0 bridgehead atoms.